The molecule has 0 radical (unpaired) electrons. The number of pyridine rings is 1. The van der Waals surface area contributed by atoms with Crippen molar-refractivity contribution < 1.29 is 17.9 Å². The molecule has 1 heterocycles. The second-order valence-electron chi connectivity index (χ2n) is 6.86. The molecule has 0 unspecified atom stereocenters. The van der Waals surface area contributed by atoms with Crippen molar-refractivity contribution in [1.82, 2.24) is 10.3 Å². The van der Waals surface area contributed by atoms with E-state index < -0.39 is 10.0 Å². The minimum Gasteiger partial charge on any atom is -0.438 e. The summed E-state index contributed by atoms with van der Waals surface area (Å²) in [7, 11) is -3.67. The Labute approximate surface area is 182 Å². The van der Waals surface area contributed by atoms with Crippen LogP contribution in [0.3, 0.4) is 0 Å². The molecule has 3 rings (SSSR count). The summed E-state index contributed by atoms with van der Waals surface area (Å²) in [5.74, 6) is 0.376. The van der Waals surface area contributed by atoms with Crippen LogP contribution < -0.4 is 14.8 Å². The molecular weight excluding hydrogens is 414 g/mol. The molecule has 1 aromatic heterocycles. The van der Waals surface area contributed by atoms with E-state index in [4.69, 9.17) is 4.74 Å². The van der Waals surface area contributed by atoms with Gasteiger partial charge in [0.25, 0.3) is 15.9 Å². The van der Waals surface area contributed by atoms with Gasteiger partial charge in [0.15, 0.2) is 0 Å². The molecular formula is C23H25N3O4S. The van der Waals surface area contributed by atoms with E-state index >= 15 is 0 Å². The quantitative estimate of drug-likeness (QED) is 0.450. The number of anilines is 1. The fraction of sp³-hybridized carbons (Fsp3) is 0.217. The Bertz CT molecular complexity index is 1100. The van der Waals surface area contributed by atoms with Crippen LogP contribution in [0.5, 0.6) is 11.6 Å². The van der Waals surface area contributed by atoms with Gasteiger partial charge in [-0.3, -0.25) is 9.52 Å². The van der Waals surface area contributed by atoms with Gasteiger partial charge in [0.1, 0.15) is 11.3 Å². The fourth-order valence-corrected chi connectivity index (χ4v) is 3.91. The molecule has 0 aliphatic rings. The van der Waals surface area contributed by atoms with Crippen molar-refractivity contribution in [3.8, 4) is 11.6 Å². The van der Waals surface area contributed by atoms with E-state index in [0.29, 0.717) is 23.5 Å². The number of ether oxygens (including phenoxy) is 1. The van der Waals surface area contributed by atoms with E-state index in [0.717, 1.165) is 19.3 Å². The first-order chi connectivity index (χ1) is 15.0. The Kier molecular flexibility index (Phi) is 7.61. The number of rotatable bonds is 10. The summed E-state index contributed by atoms with van der Waals surface area (Å²) in [5, 5.41) is 2.87. The van der Waals surface area contributed by atoms with Crippen LogP contribution in [0, 0.1) is 0 Å². The second-order valence-corrected chi connectivity index (χ2v) is 8.55. The monoisotopic (exact) mass is 439 g/mol. The molecule has 162 valence electrons. The smallest absolute Gasteiger partial charge is 0.261 e. The molecule has 2 N–H and O–H groups in total. The predicted molar refractivity (Wildman–Crippen MR) is 120 cm³/mol. The number of carbonyl (C=O) groups is 1. The fourth-order valence-electron chi connectivity index (χ4n) is 2.83. The van der Waals surface area contributed by atoms with E-state index in [9.17, 15) is 13.2 Å². The Balaban J connectivity index is 1.67. The van der Waals surface area contributed by atoms with Gasteiger partial charge < -0.3 is 10.1 Å². The summed E-state index contributed by atoms with van der Waals surface area (Å²) >= 11 is 0. The lowest BCUT2D eigenvalue weighted by Crippen LogP contribution is -2.25. The molecule has 1 amide bonds. The summed E-state index contributed by atoms with van der Waals surface area (Å²) in [6.45, 7) is 2.70. The highest BCUT2D eigenvalue weighted by Crippen LogP contribution is 2.25. The van der Waals surface area contributed by atoms with E-state index in [-0.39, 0.29) is 16.7 Å². The Morgan fingerprint density at radius 2 is 1.71 bits per heavy atom. The zero-order chi connectivity index (χ0) is 22.1. The van der Waals surface area contributed by atoms with Gasteiger partial charge in [-0.25, -0.2) is 13.4 Å². The van der Waals surface area contributed by atoms with Crippen LogP contribution >= 0.6 is 0 Å². The van der Waals surface area contributed by atoms with Crippen molar-refractivity contribution in [1.29, 1.82) is 0 Å². The van der Waals surface area contributed by atoms with Gasteiger partial charge >= 0.3 is 0 Å². The van der Waals surface area contributed by atoms with Crippen LogP contribution in [0.25, 0.3) is 0 Å². The van der Waals surface area contributed by atoms with Crippen LogP contribution in [0.4, 0.5) is 5.69 Å². The Morgan fingerprint density at radius 3 is 2.42 bits per heavy atom. The number of nitrogens with zero attached hydrogens (tertiary/aromatic N) is 1. The van der Waals surface area contributed by atoms with Crippen molar-refractivity contribution in [2.75, 3.05) is 11.3 Å². The molecule has 0 aliphatic heterocycles. The van der Waals surface area contributed by atoms with Crippen molar-refractivity contribution >= 4 is 21.6 Å². The predicted octanol–water partition coefficient (Wildman–Crippen LogP) is 4.59. The van der Waals surface area contributed by atoms with E-state index in [1.54, 1.807) is 60.8 Å². The molecule has 2 aromatic carbocycles. The minimum atomic E-state index is -3.67. The molecule has 0 bridgehead atoms. The van der Waals surface area contributed by atoms with Gasteiger partial charge in [-0.15, -0.1) is 0 Å². The minimum absolute atomic E-state index is 0.179. The molecule has 8 heteroatoms. The number of hydrogen-bond acceptors (Lipinski definition) is 5. The first-order valence-corrected chi connectivity index (χ1v) is 11.6. The number of amides is 1. The SMILES string of the molecule is CCCCCNC(=O)c1cccnc1Oc1ccc(NS(=O)(=O)c2ccccc2)cc1. The van der Waals surface area contributed by atoms with Gasteiger partial charge in [0.05, 0.1) is 4.90 Å². The third-order valence-electron chi connectivity index (χ3n) is 4.46. The third-order valence-corrected chi connectivity index (χ3v) is 5.85. The molecule has 0 atom stereocenters. The number of aromatic nitrogens is 1. The number of nitrogens with one attached hydrogen (secondary N) is 2. The lowest BCUT2D eigenvalue weighted by molar-refractivity contribution is 0.0950. The van der Waals surface area contributed by atoms with E-state index in [2.05, 4.69) is 21.9 Å². The summed E-state index contributed by atoms with van der Waals surface area (Å²) in [6.07, 6.45) is 4.59. The summed E-state index contributed by atoms with van der Waals surface area (Å²) in [6, 6.07) is 17.8. The van der Waals surface area contributed by atoms with Gasteiger partial charge in [-0.1, -0.05) is 38.0 Å². The van der Waals surface area contributed by atoms with Crippen LogP contribution in [0.15, 0.2) is 77.8 Å². The molecule has 0 saturated carbocycles. The average Bonchev–Trinajstić information content (AvgIpc) is 2.79. The summed E-state index contributed by atoms with van der Waals surface area (Å²) < 4.78 is 33.2. The van der Waals surface area contributed by atoms with Crippen molar-refractivity contribution in [3.63, 3.8) is 0 Å². The highest BCUT2D eigenvalue weighted by atomic mass is 32.2. The zero-order valence-corrected chi connectivity index (χ0v) is 18.1. The largest absolute Gasteiger partial charge is 0.438 e. The zero-order valence-electron chi connectivity index (χ0n) is 17.2. The number of carbonyl (C=O) groups excluding carboxylic acids is 1. The van der Waals surface area contributed by atoms with Crippen LogP contribution in [0.1, 0.15) is 36.5 Å². The number of benzene rings is 2. The lowest BCUT2D eigenvalue weighted by atomic mass is 10.2. The Morgan fingerprint density at radius 1 is 0.968 bits per heavy atom. The van der Waals surface area contributed by atoms with Crippen LogP contribution in [-0.2, 0) is 10.0 Å². The molecule has 0 saturated heterocycles. The number of sulfonamides is 1. The normalized spacial score (nSPS) is 11.0. The standard InChI is InChI=1S/C23H25N3O4S/c1-2-3-7-16-24-22(27)21-11-8-17-25-23(21)30-19-14-12-18(13-15-19)26-31(28,29)20-9-5-4-6-10-20/h4-6,8-15,17,26H,2-3,7,16H2,1H3,(H,24,27). The third kappa shape index (κ3) is 6.29. The summed E-state index contributed by atoms with van der Waals surface area (Å²) in [4.78, 5) is 16.8. The maximum absolute atomic E-state index is 12.5. The van der Waals surface area contributed by atoms with Crippen molar-refractivity contribution in [2.45, 2.75) is 31.1 Å². The molecule has 7 nitrogen and oxygen atoms in total. The molecule has 0 aliphatic carbocycles. The van der Waals surface area contributed by atoms with Crippen LogP contribution in [0.2, 0.25) is 0 Å². The number of unbranched alkanes of at least 4 members (excludes halogenated alkanes) is 2. The van der Waals surface area contributed by atoms with Gasteiger partial charge in [0, 0.05) is 18.4 Å². The van der Waals surface area contributed by atoms with E-state index in [1.165, 1.54) is 12.1 Å². The Hall–Kier alpha value is -3.39. The topological polar surface area (TPSA) is 97.4 Å². The molecule has 3 aromatic rings. The van der Waals surface area contributed by atoms with Crippen LogP contribution in [-0.4, -0.2) is 25.9 Å². The lowest BCUT2D eigenvalue weighted by Gasteiger charge is -2.11. The summed E-state index contributed by atoms with van der Waals surface area (Å²) in [5.41, 5.74) is 0.735. The highest BCUT2D eigenvalue weighted by molar-refractivity contribution is 7.92. The maximum Gasteiger partial charge on any atom is 0.261 e. The average molecular weight is 440 g/mol. The molecule has 0 spiro atoms. The van der Waals surface area contributed by atoms with Gasteiger partial charge in [-0.05, 0) is 55.0 Å². The van der Waals surface area contributed by atoms with Crippen molar-refractivity contribution in [3.05, 3.63) is 78.5 Å². The van der Waals surface area contributed by atoms with Gasteiger partial charge in [-0.2, -0.15) is 0 Å². The van der Waals surface area contributed by atoms with Gasteiger partial charge in [0.2, 0.25) is 5.88 Å². The molecule has 31 heavy (non-hydrogen) atoms. The van der Waals surface area contributed by atoms with E-state index in [1.807, 2.05) is 0 Å². The maximum atomic E-state index is 12.5. The first kappa shape index (κ1) is 22.3. The van der Waals surface area contributed by atoms with Crippen molar-refractivity contribution in [2.24, 2.45) is 0 Å². The highest BCUT2D eigenvalue weighted by Gasteiger charge is 2.15. The second kappa shape index (κ2) is 10.6. The first-order valence-electron chi connectivity index (χ1n) is 10.1. The molecule has 0 fully saturated rings. The number of hydrogen-bond donors (Lipinski definition) is 2.